The quantitative estimate of drug-likeness (QED) is 0.525. The summed E-state index contributed by atoms with van der Waals surface area (Å²) in [6, 6.07) is 0.0741. The summed E-state index contributed by atoms with van der Waals surface area (Å²) in [5.41, 5.74) is 0. The fourth-order valence-electron chi connectivity index (χ4n) is 0.875. The minimum absolute atomic E-state index is 0.0741. The van der Waals surface area contributed by atoms with Gasteiger partial charge in [0.2, 0.25) is 0 Å². The number of nitrogens with zero attached hydrogens (tertiary/aromatic N) is 1. The van der Waals surface area contributed by atoms with Crippen LogP contribution in [0.1, 0.15) is 13.8 Å². The van der Waals surface area contributed by atoms with Gasteiger partial charge in [0.1, 0.15) is 6.29 Å². The highest BCUT2D eigenvalue weighted by Gasteiger charge is 2.12. The molecule has 0 radical (unpaired) electrons. The fraction of sp³-hybridized carbons (Fsp3) is 0.857. The summed E-state index contributed by atoms with van der Waals surface area (Å²) in [7, 11) is 3.83. The number of carbonyl (C=O) groups excluding carboxylic acids is 1. The fourth-order valence-corrected chi connectivity index (χ4v) is 0.875. The Balaban J connectivity index is 3.82. The van der Waals surface area contributed by atoms with Crippen molar-refractivity contribution in [1.82, 2.24) is 4.90 Å². The van der Waals surface area contributed by atoms with Crippen LogP contribution in [0.5, 0.6) is 0 Å². The number of carbonyl (C=O) groups is 1. The van der Waals surface area contributed by atoms with Crippen molar-refractivity contribution in [2.75, 3.05) is 14.1 Å². The number of hydrogen-bond acceptors (Lipinski definition) is 2. The molecule has 0 N–H and O–H groups in total. The lowest BCUT2D eigenvalue weighted by atomic mass is 10.1. The SMILES string of the molecule is CC(C)C(C=O)N(C)C. The Hall–Kier alpha value is -0.370. The van der Waals surface area contributed by atoms with Crippen molar-refractivity contribution in [2.45, 2.75) is 19.9 Å². The zero-order valence-electron chi connectivity index (χ0n) is 6.59. The van der Waals surface area contributed by atoms with Gasteiger partial charge in [-0.1, -0.05) is 13.8 Å². The first-order valence-electron chi connectivity index (χ1n) is 3.21. The summed E-state index contributed by atoms with van der Waals surface area (Å²) < 4.78 is 0. The van der Waals surface area contributed by atoms with Crippen LogP contribution >= 0.6 is 0 Å². The molecule has 0 aromatic heterocycles. The molecule has 0 aliphatic heterocycles. The van der Waals surface area contributed by atoms with Gasteiger partial charge in [0.05, 0.1) is 6.04 Å². The molecule has 0 rings (SSSR count). The van der Waals surface area contributed by atoms with Gasteiger partial charge < -0.3 is 4.79 Å². The molecule has 54 valence electrons. The van der Waals surface area contributed by atoms with Crippen molar-refractivity contribution in [3.05, 3.63) is 0 Å². The van der Waals surface area contributed by atoms with Gasteiger partial charge in [-0.15, -0.1) is 0 Å². The highest BCUT2D eigenvalue weighted by molar-refractivity contribution is 5.57. The standard InChI is InChI=1S/C7H15NO/c1-6(2)7(5-9)8(3)4/h5-7H,1-4H3. The van der Waals surface area contributed by atoms with Crippen LogP contribution in [-0.2, 0) is 4.79 Å². The third-order valence-electron chi connectivity index (χ3n) is 1.42. The molecular weight excluding hydrogens is 114 g/mol. The van der Waals surface area contributed by atoms with Crippen LogP contribution in [0.4, 0.5) is 0 Å². The van der Waals surface area contributed by atoms with E-state index in [4.69, 9.17) is 0 Å². The molecule has 0 fully saturated rings. The monoisotopic (exact) mass is 129 g/mol. The van der Waals surface area contributed by atoms with Crippen LogP contribution in [0.15, 0.2) is 0 Å². The van der Waals surface area contributed by atoms with Crippen molar-refractivity contribution in [2.24, 2.45) is 5.92 Å². The Kier molecular flexibility index (Phi) is 3.47. The Morgan fingerprint density at radius 1 is 1.33 bits per heavy atom. The first-order valence-corrected chi connectivity index (χ1v) is 3.21. The van der Waals surface area contributed by atoms with Crippen LogP contribution < -0.4 is 0 Å². The van der Waals surface area contributed by atoms with E-state index in [0.717, 1.165) is 6.29 Å². The van der Waals surface area contributed by atoms with E-state index in [2.05, 4.69) is 0 Å². The normalized spacial score (nSPS) is 14.4. The molecule has 0 amide bonds. The molecule has 0 saturated heterocycles. The van der Waals surface area contributed by atoms with E-state index in [9.17, 15) is 4.79 Å². The molecule has 0 bridgehead atoms. The smallest absolute Gasteiger partial charge is 0.137 e. The van der Waals surface area contributed by atoms with Gasteiger partial charge in [-0.25, -0.2) is 0 Å². The summed E-state index contributed by atoms with van der Waals surface area (Å²) in [6.07, 6.45) is 0.991. The van der Waals surface area contributed by atoms with Crippen molar-refractivity contribution < 1.29 is 4.79 Å². The lowest BCUT2D eigenvalue weighted by Crippen LogP contribution is -2.33. The number of hydrogen-bond donors (Lipinski definition) is 0. The van der Waals surface area contributed by atoms with Gasteiger partial charge in [-0.3, -0.25) is 4.90 Å². The Morgan fingerprint density at radius 3 is 1.78 bits per heavy atom. The summed E-state index contributed by atoms with van der Waals surface area (Å²) >= 11 is 0. The third-order valence-corrected chi connectivity index (χ3v) is 1.42. The van der Waals surface area contributed by atoms with E-state index in [1.54, 1.807) is 0 Å². The molecule has 1 atom stereocenters. The second-order valence-electron chi connectivity index (χ2n) is 2.83. The van der Waals surface area contributed by atoms with E-state index < -0.39 is 0 Å². The van der Waals surface area contributed by atoms with Crippen molar-refractivity contribution in [3.8, 4) is 0 Å². The first kappa shape index (κ1) is 8.63. The van der Waals surface area contributed by atoms with E-state index in [0.29, 0.717) is 5.92 Å². The molecule has 0 saturated carbocycles. The molecule has 1 unspecified atom stereocenters. The highest BCUT2D eigenvalue weighted by Crippen LogP contribution is 2.02. The Bertz CT molecular complexity index is 80.9. The third kappa shape index (κ3) is 2.61. The van der Waals surface area contributed by atoms with Gasteiger partial charge in [-0.05, 0) is 20.0 Å². The molecule has 0 spiro atoms. The summed E-state index contributed by atoms with van der Waals surface area (Å²) in [4.78, 5) is 12.3. The Labute approximate surface area is 56.9 Å². The average Bonchev–Trinajstić information content (AvgIpc) is 1.64. The van der Waals surface area contributed by atoms with E-state index >= 15 is 0 Å². The predicted molar refractivity (Wildman–Crippen MR) is 38.4 cm³/mol. The van der Waals surface area contributed by atoms with Gasteiger partial charge in [0.25, 0.3) is 0 Å². The van der Waals surface area contributed by atoms with Gasteiger partial charge in [0.15, 0.2) is 0 Å². The van der Waals surface area contributed by atoms with E-state index in [-0.39, 0.29) is 6.04 Å². The van der Waals surface area contributed by atoms with Gasteiger partial charge in [0, 0.05) is 0 Å². The molecular formula is C7H15NO. The van der Waals surface area contributed by atoms with Crippen LogP contribution in [0.25, 0.3) is 0 Å². The lowest BCUT2D eigenvalue weighted by molar-refractivity contribution is -0.112. The lowest BCUT2D eigenvalue weighted by Gasteiger charge is -2.21. The molecule has 0 aliphatic rings. The predicted octanol–water partition coefficient (Wildman–Crippen LogP) is 0.772. The molecule has 9 heavy (non-hydrogen) atoms. The van der Waals surface area contributed by atoms with Gasteiger partial charge in [-0.2, -0.15) is 0 Å². The summed E-state index contributed by atoms with van der Waals surface area (Å²) in [5.74, 6) is 0.414. The second kappa shape index (κ2) is 3.62. The highest BCUT2D eigenvalue weighted by atomic mass is 16.1. The molecule has 0 heterocycles. The van der Waals surface area contributed by atoms with E-state index in [1.165, 1.54) is 0 Å². The van der Waals surface area contributed by atoms with Crippen molar-refractivity contribution in [3.63, 3.8) is 0 Å². The minimum atomic E-state index is 0.0741. The van der Waals surface area contributed by atoms with Crippen LogP contribution in [0.2, 0.25) is 0 Å². The maximum absolute atomic E-state index is 10.3. The summed E-state index contributed by atoms with van der Waals surface area (Å²) in [6.45, 7) is 4.08. The molecule has 0 aromatic carbocycles. The van der Waals surface area contributed by atoms with Crippen molar-refractivity contribution in [1.29, 1.82) is 0 Å². The number of aldehydes is 1. The van der Waals surface area contributed by atoms with Crippen LogP contribution in [0, 0.1) is 5.92 Å². The van der Waals surface area contributed by atoms with Crippen LogP contribution in [0.3, 0.4) is 0 Å². The van der Waals surface area contributed by atoms with Crippen LogP contribution in [-0.4, -0.2) is 31.3 Å². The summed E-state index contributed by atoms with van der Waals surface area (Å²) in [5, 5.41) is 0. The number of likely N-dealkylation sites (N-methyl/N-ethyl adjacent to an activating group) is 1. The largest absolute Gasteiger partial charge is 0.302 e. The number of rotatable bonds is 3. The minimum Gasteiger partial charge on any atom is -0.302 e. The molecule has 0 aromatic rings. The average molecular weight is 129 g/mol. The first-order chi connectivity index (χ1) is 4.09. The zero-order chi connectivity index (χ0) is 7.44. The Morgan fingerprint density at radius 2 is 1.78 bits per heavy atom. The molecule has 2 heteroatoms. The molecule has 0 aliphatic carbocycles. The maximum atomic E-state index is 10.3. The van der Waals surface area contributed by atoms with Crippen molar-refractivity contribution >= 4 is 6.29 Å². The second-order valence-corrected chi connectivity index (χ2v) is 2.83. The molecule has 2 nitrogen and oxygen atoms in total. The zero-order valence-corrected chi connectivity index (χ0v) is 6.59. The van der Waals surface area contributed by atoms with E-state index in [1.807, 2.05) is 32.8 Å². The topological polar surface area (TPSA) is 20.3 Å². The van der Waals surface area contributed by atoms with Gasteiger partial charge >= 0.3 is 0 Å². The maximum Gasteiger partial charge on any atom is 0.137 e.